The number of aromatic nitrogens is 1. The van der Waals surface area contributed by atoms with E-state index in [9.17, 15) is 18.3 Å². The summed E-state index contributed by atoms with van der Waals surface area (Å²) < 4.78 is 34.9. The van der Waals surface area contributed by atoms with E-state index in [4.69, 9.17) is 4.42 Å². The van der Waals surface area contributed by atoms with Gasteiger partial charge in [0.05, 0.1) is 11.1 Å². The van der Waals surface area contributed by atoms with Crippen molar-refractivity contribution in [3.05, 3.63) is 130 Å². The molecule has 1 aliphatic rings. The van der Waals surface area contributed by atoms with Crippen LogP contribution in [0.4, 0.5) is 5.69 Å². The number of nitrogens with one attached hydrogen (secondary N) is 1. The standard InChI is InChI=1S/C34H32N2O5S/c1-2-22(23-9-4-3-5-10-23)20-28-21-30(37)33(34(38)41-28)32(25-15-16-25)26-12-8-13-27(19-26)36-42(39,40)31-18-17-24-11-6-7-14-29(24)35-31/h3-14,17-19,21-22,25,32,36-37H,2,15-16,20H2,1H3. The van der Waals surface area contributed by atoms with Crippen LogP contribution < -0.4 is 10.3 Å². The SMILES string of the molecule is CCC(Cc1cc(O)c(C(c2cccc(NS(=O)(=O)c3ccc4ccccc4n3)c2)C2CC2)c(=O)o1)c1ccccc1. The quantitative estimate of drug-likeness (QED) is 0.185. The van der Waals surface area contributed by atoms with Gasteiger partial charge in [-0.2, -0.15) is 8.42 Å². The van der Waals surface area contributed by atoms with Gasteiger partial charge in [0, 0.05) is 29.5 Å². The van der Waals surface area contributed by atoms with Gasteiger partial charge in [0.15, 0.2) is 5.03 Å². The maximum absolute atomic E-state index is 13.4. The third-order valence-electron chi connectivity index (χ3n) is 7.98. The molecule has 1 aliphatic carbocycles. The second-order valence-corrected chi connectivity index (χ2v) is 12.5. The minimum absolute atomic E-state index is 0.0832. The Kier molecular flexibility index (Phi) is 7.56. The summed E-state index contributed by atoms with van der Waals surface area (Å²) in [5, 5.41) is 11.9. The van der Waals surface area contributed by atoms with E-state index in [-0.39, 0.29) is 28.2 Å². The second kappa shape index (κ2) is 11.4. The molecule has 2 aromatic heterocycles. The van der Waals surface area contributed by atoms with E-state index in [1.54, 1.807) is 36.4 Å². The first-order valence-corrected chi connectivity index (χ1v) is 15.7. The normalized spacial score (nSPS) is 14.9. The summed E-state index contributed by atoms with van der Waals surface area (Å²) in [4.78, 5) is 17.7. The van der Waals surface area contributed by atoms with Crippen LogP contribution in [-0.4, -0.2) is 18.5 Å². The first kappa shape index (κ1) is 27.7. The number of hydrogen-bond donors (Lipinski definition) is 2. The van der Waals surface area contributed by atoms with Gasteiger partial charge < -0.3 is 9.52 Å². The Hall–Kier alpha value is -4.43. The van der Waals surface area contributed by atoms with Gasteiger partial charge in [-0.05, 0) is 72.6 Å². The highest BCUT2D eigenvalue weighted by Gasteiger charge is 2.37. The maximum atomic E-state index is 13.4. The fourth-order valence-corrected chi connectivity index (χ4v) is 6.70. The van der Waals surface area contributed by atoms with Crippen LogP contribution >= 0.6 is 0 Å². The van der Waals surface area contributed by atoms with E-state index in [0.29, 0.717) is 23.4 Å². The highest BCUT2D eigenvalue weighted by molar-refractivity contribution is 7.92. The van der Waals surface area contributed by atoms with E-state index in [1.807, 2.05) is 42.5 Å². The van der Waals surface area contributed by atoms with Crippen LogP contribution in [0.3, 0.4) is 0 Å². The summed E-state index contributed by atoms with van der Waals surface area (Å²) in [6, 6.07) is 29.1. The Balaban J connectivity index is 1.28. The zero-order valence-electron chi connectivity index (χ0n) is 23.2. The fourth-order valence-electron chi connectivity index (χ4n) is 5.70. The Morgan fingerprint density at radius 2 is 1.67 bits per heavy atom. The highest BCUT2D eigenvalue weighted by Crippen LogP contribution is 2.48. The molecular weight excluding hydrogens is 548 g/mol. The van der Waals surface area contributed by atoms with Gasteiger partial charge in [-0.15, -0.1) is 0 Å². The molecule has 2 N–H and O–H groups in total. The van der Waals surface area contributed by atoms with Gasteiger partial charge in [0.2, 0.25) is 0 Å². The first-order chi connectivity index (χ1) is 20.3. The zero-order chi connectivity index (χ0) is 29.3. The topological polar surface area (TPSA) is 110 Å². The number of benzene rings is 3. The Labute approximate surface area is 244 Å². The van der Waals surface area contributed by atoms with Crippen molar-refractivity contribution < 1.29 is 17.9 Å². The molecule has 7 nitrogen and oxygen atoms in total. The van der Waals surface area contributed by atoms with Crippen molar-refractivity contribution in [1.82, 2.24) is 4.98 Å². The average molecular weight is 581 g/mol. The van der Waals surface area contributed by atoms with E-state index in [0.717, 1.165) is 35.8 Å². The predicted octanol–water partition coefficient (Wildman–Crippen LogP) is 6.97. The number of hydrogen-bond acceptors (Lipinski definition) is 6. The first-order valence-electron chi connectivity index (χ1n) is 14.2. The summed E-state index contributed by atoms with van der Waals surface area (Å²) in [5.41, 5.74) is 2.47. The summed E-state index contributed by atoms with van der Waals surface area (Å²) in [5.74, 6) is 0.227. The van der Waals surface area contributed by atoms with Crippen LogP contribution in [0.15, 0.2) is 111 Å². The molecule has 0 radical (unpaired) electrons. The maximum Gasteiger partial charge on any atom is 0.343 e. The third-order valence-corrected chi connectivity index (χ3v) is 9.26. The Bertz CT molecular complexity index is 1900. The third kappa shape index (κ3) is 5.81. The van der Waals surface area contributed by atoms with E-state index >= 15 is 0 Å². The molecule has 8 heteroatoms. The molecule has 1 fully saturated rings. The lowest BCUT2D eigenvalue weighted by Gasteiger charge is -2.20. The highest BCUT2D eigenvalue weighted by atomic mass is 32.2. The molecule has 0 amide bonds. The summed E-state index contributed by atoms with van der Waals surface area (Å²) in [7, 11) is -3.97. The molecule has 2 atom stereocenters. The molecule has 6 rings (SSSR count). The molecule has 3 aromatic carbocycles. The number of pyridine rings is 1. The predicted molar refractivity (Wildman–Crippen MR) is 163 cm³/mol. The summed E-state index contributed by atoms with van der Waals surface area (Å²) in [6.45, 7) is 2.09. The Morgan fingerprint density at radius 3 is 2.40 bits per heavy atom. The average Bonchev–Trinajstić information content (AvgIpc) is 3.83. The molecule has 0 saturated heterocycles. The number of anilines is 1. The molecule has 214 valence electrons. The molecule has 2 heterocycles. The molecular formula is C34H32N2O5S. The van der Waals surface area contributed by atoms with Crippen molar-refractivity contribution in [2.75, 3.05) is 4.72 Å². The van der Waals surface area contributed by atoms with Crippen molar-refractivity contribution in [2.45, 2.75) is 49.5 Å². The molecule has 42 heavy (non-hydrogen) atoms. The van der Waals surface area contributed by atoms with Gasteiger partial charge >= 0.3 is 5.63 Å². The Morgan fingerprint density at radius 1 is 0.929 bits per heavy atom. The lowest BCUT2D eigenvalue weighted by molar-refractivity contribution is 0.395. The second-order valence-electron chi connectivity index (χ2n) is 10.9. The lowest BCUT2D eigenvalue weighted by atomic mass is 9.86. The monoisotopic (exact) mass is 580 g/mol. The van der Waals surface area contributed by atoms with Gasteiger partial charge in [-0.1, -0.05) is 67.6 Å². The number of nitrogens with zero attached hydrogens (tertiary/aromatic N) is 1. The van der Waals surface area contributed by atoms with E-state index in [1.165, 1.54) is 6.07 Å². The molecule has 1 saturated carbocycles. The van der Waals surface area contributed by atoms with Crippen LogP contribution in [0.1, 0.15) is 60.5 Å². The van der Waals surface area contributed by atoms with E-state index < -0.39 is 21.6 Å². The van der Waals surface area contributed by atoms with Crippen LogP contribution in [0, 0.1) is 5.92 Å². The van der Waals surface area contributed by atoms with Gasteiger partial charge in [0.1, 0.15) is 11.5 Å². The molecule has 0 spiro atoms. The van der Waals surface area contributed by atoms with Crippen LogP contribution in [-0.2, 0) is 16.4 Å². The van der Waals surface area contributed by atoms with Crippen molar-refractivity contribution in [3.8, 4) is 5.75 Å². The summed E-state index contributed by atoms with van der Waals surface area (Å²) in [6.07, 6.45) is 3.15. The lowest BCUT2D eigenvalue weighted by Crippen LogP contribution is -2.18. The van der Waals surface area contributed by atoms with Crippen LogP contribution in [0.5, 0.6) is 5.75 Å². The van der Waals surface area contributed by atoms with Crippen molar-refractivity contribution in [1.29, 1.82) is 0 Å². The minimum atomic E-state index is -3.97. The number of para-hydroxylation sites is 1. The van der Waals surface area contributed by atoms with Crippen molar-refractivity contribution in [2.24, 2.45) is 5.92 Å². The molecule has 0 bridgehead atoms. The molecule has 0 aliphatic heterocycles. The minimum Gasteiger partial charge on any atom is -0.507 e. The van der Waals surface area contributed by atoms with Gasteiger partial charge in [0.25, 0.3) is 10.0 Å². The van der Waals surface area contributed by atoms with Gasteiger partial charge in [-0.3, -0.25) is 4.72 Å². The van der Waals surface area contributed by atoms with Crippen LogP contribution in [0.2, 0.25) is 0 Å². The van der Waals surface area contributed by atoms with Crippen molar-refractivity contribution >= 4 is 26.6 Å². The summed E-state index contributed by atoms with van der Waals surface area (Å²) >= 11 is 0. The number of sulfonamides is 1. The van der Waals surface area contributed by atoms with Crippen LogP contribution in [0.25, 0.3) is 10.9 Å². The molecule has 2 unspecified atom stereocenters. The number of rotatable bonds is 10. The molecule has 5 aromatic rings. The number of fused-ring (bicyclic) bond motifs is 1. The largest absolute Gasteiger partial charge is 0.507 e. The fraction of sp³-hybridized carbons (Fsp3) is 0.235. The zero-order valence-corrected chi connectivity index (χ0v) is 24.1. The van der Waals surface area contributed by atoms with E-state index in [2.05, 4.69) is 28.8 Å². The number of aromatic hydroxyl groups is 1. The van der Waals surface area contributed by atoms with Gasteiger partial charge in [-0.25, -0.2) is 9.78 Å². The smallest absolute Gasteiger partial charge is 0.343 e. The van der Waals surface area contributed by atoms with Crippen molar-refractivity contribution in [3.63, 3.8) is 0 Å².